The van der Waals surface area contributed by atoms with Crippen LogP contribution in [-0.4, -0.2) is 20.3 Å². The summed E-state index contributed by atoms with van der Waals surface area (Å²) in [4.78, 5) is 14.7. The number of halogens is 1. The Morgan fingerprint density at radius 1 is 1.15 bits per heavy atom. The molecule has 0 aliphatic carbocycles. The summed E-state index contributed by atoms with van der Waals surface area (Å²) in [5, 5.41) is 9.41. The number of hydrogen-bond donors (Lipinski definition) is 1. The Bertz CT molecular complexity index is 626. The molecular weight excluding hydrogens is 298 g/mol. The number of pyridine rings is 1. The van der Waals surface area contributed by atoms with E-state index in [2.05, 4.69) is 4.98 Å². The van der Waals surface area contributed by atoms with Crippen molar-refractivity contribution < 1.29 is 14.1 Å². The number of carboxylic acids is 1. The molecule has 0 aliphatic heterocycles. The zero-order valence-electron chi connectivity index (χ0n) is 10.5. The Kier molecular flexibility index (Phi) is 4.87. The van der Waals surface area contributed by atoms with Crippen LogP contribution < -0.4 is 0 Å². The molecule has 2 rings (SSSR count). The van der Waals surface area contributed by atoms with Gasteiger partial charge in [0.1, 0.15) is 0 Å². The van der Waals surface area contributed by atoms with Crippen molar-refractivity contribution in [3.05, 3.63) is 64.4 Å². The summed E-state index contributed by atoms with van der Waals surface area (Å²) in [7, 11) is -1.10. The quantitative estimate of drug-likeness (QED) is 0.922. The number of carbonyl (C=O) groups is 1. The van der Waals surface area contributed by atoms with Gasteiger partial charge >= 0.3 is 5.97 Å². The van der Waals surface area contributed by atoms with Crippen LogP contribution in [0.4, 0.5) is 0 Å². The van der Waals surface area contributed by atoms with Crippen LogP contribution in [0.2, 0.25) is 5.02 Å². The fourth-order valence-electron chi connectivity index (χ4n) is 1.62. The Hall–Kier alpha value is -1.72. The van der Waals surface area contributed by atoms with E-state index in [0.29, 0.717) is 22.2 Å². The van der Waals surface area contributed by atoms with Gasteiger partial charge < -0.3 is 5.11 Å². The SMILES string of the molecule is O=C(O)c1ccc(CS(=O)Cc2ccc(Cl)cc2)nc1. The molecule has 4 nitrogen and oxygen atoms in total. The fourth-order valence-corrected chi connectivity index (χ4v) is 2.91. The number of benzene rings is 1. The zero-order valence-corrected chi connectivity index (χ0v) is 12.0. The molecule has 0 aliphatic rings. The predicted octanol–water partition coefficient (Wildman–Crippen LogP) is 2.88. The third kappa shape index (κ3) is 4.15. The van der Waals surface area contributed by atoms with Gasteiger partial charge in [-0.3, -0.25) is 9.19 Å². The van der Waals surface area contributed by atoms with Crippen LogP contribution in [0.1, 0.15) is 21.6 Å². The third-order valence-corrected chi connectivity index (χ3v) is 4.15. The van der Waals surface area contributed by atoms with E-state index in [0.717, 1.165) is 5.56 Å². The molecule has 0 saturated heterocycles. The molecule has 6 heteroatoms. The van der Waals surface area contributed by atoms with Gasteiger partial charge in [-0.05, 0) is 29.8 Å². The first-order valence-corrected chi connectivity index (χ1v) is 7.69. The standard InChI is InChI=1S/C14H12ClNO3S/c15-12-4-1-10(2-5-12)8-20(19)9-13-6-3-11(7-16-13)14(17)18/h1-7H,8-9H2,(H,17,18). The lowest BCUT2D eigenvalue weighted by Crippen LogP contribution is -2.03. The van der Waals surface area contributed by atoms with Crippen LogP contribution in [0.25, 0.3) is 0 Å². The summed E-state index contributed by atoms with van der Waals surface area (Å²) < 4.78 is 12.0. The maximum absolute atomic E-state index is 12.0. The minimum absolute atomic E-state index is 0.122. The highest BCUT2D eigenvalue weighted by atomic mass is 35.5. The second-order valence-corrected chi connectivity index (χ2v) is 6.09. The molecule has 1 aromatic carbocycles. The number of aromatic nitrogens is 1. The summed E-state index contributed by atoms with van der Waals surface area (Å²) in [6.07, 6.45) is 1.27. The molecule has 0 radical (unpaired) electrons. The summed E-state index contributed by atoms with van der Waals surface area (Å²) in [6, 6.07) is 10.2. The molecule has 1 N–H and O–H groups in total. The van der Waals surface area contributed by atoms with Crippen molar-refractivity contribution in [1.29, 1.82) is 0 Å². The van der Waals surface area contributed by atoms with Gasteiger partial charge in [-0.2, -0.15) is 0 Å². The number of aromatic carboxylic acids is 1. The van der Waals surface area contributed by atoms with Crippen molar-refractivity contribution in [2.45, 2.75) is 11.5 Å². The van der Waals surface area contributed by atoms with E-state index in [-0.39, 0.29) is 5.56 Å². The highest BCUT2D eigenvalue weighted by Gasteiger charge is 2.07. The first-order chi connectivity index (χ1) is 9.54. The van der Waals surface area contributed by atoms with Crippen molar-refractivity contribution in [3.8, 4) is 0 Å². The molecule has 1 atom stereocenters. The van der Waals surface area contributed by atoms with Gasteiger partial charge in [0.15, 0.2) is 0 Å². The van der Waals surface area contributed by atoms with Gasteiger partial charge in [-0.1, -0.05) is 23.7 Å². The fraction of sp³-hybridized carbons (Fsp3) is 0.143. The molecule has 20 heavy (non-hydrogen) atoms. The monoisotopic (exact) mass is 309 g/mol. The average molecular weight is 310 g/mol. The van der Waals surface area contributed by atoms with Crippen molar-refractivity contribution in [1.82, 2.24) is 4.98 Å². The van der Waals surface area contributed by atoms with Gasteiger partial charge in [0.05, 0.1) is 17.0 Å². The lowest BCUT2D eigenvalue weighted by atomic mass is 10.2. The highest BCUT2D eigenvalue weighted by molar-refractivity contribution is 7.83. The van der Waals surface area contributed by atoms with E-state index in [1.807, 2.05) is 12.1 Å². The Labute approximate surface area is 123 Å². The first-order valence-electron chi connectivity index (χ1n) is 5.82. The molecular formula is C14H12ClNO3S. The minimum Gasteiger partial charge on any atom is -0.478 e. The van der Waals surface area contributed by atoms with Crippen LogP contribution in [0.5, 0.6) is 0 Å². The molecule has 1 aromatic heterocycles. The number of nitrogens with zero attached hydrogens (tertiary/aromatic N) is 1. The normalized spacial score (nSPS) is 12.1. The third-order valence-electron chi connectivity index (χ3n) is 2.62. The Balaban J connectivity index is 1.97. The molecule has 0 amide bonds. The summed E-state index contributed by atoms with van der Waals surface area (Å²) in [5.41, 5.74) is 1.68. The topological polar surface area (TPSA) is 67.3 Å². The first kappa shape index (κ1) is 14.7. The minimum atomic E-state index is -1.10. The van der Waals surface area contributed by atoms with Crippen LogP contribution in [0, 0.1) is 0 Å². The van der Waals surface area contributed by atoms with Gasteiger partial charge in [-0.15, -0.1) is 0 Å². The predicted molar refractivity (Wildman–Crippen MR) is 78.2 cm³/mol. The van der Waals surface area contributed by atoms with Crippen molar-refractivity contribution in [2.75, 3.05) is 0 Å². The lowest BCUT2D eigenvalue weighted by molar-refractivity contribution is 0.0696. The van der Waals surface area contributed by atoms with Crippen molar-refractivity contribution >= 4 is 28.4 Å². The van der Waals surface area contributed by atoms with Crippen molar-refractivity contribution in [2.24, 2.45) is 0 Å². The molecule has 0 bridgehead atoms. The second-order valence-electron chi connectivity index (χ2n) is 4.20. The van der Waals surface area contributed by atoms with Crippen LogP contribution in [-0.2, 0) is 22.3 Å². The Morgan fingerprint density at radius 3 is 2.40 bits per heavy atom. The molecule has 1 unspecified atom stereocenters. The number of hydrogen-bond acceptors (Lipinski definition) is 3. The Morgan fingerprint density at radius 2 is 1.85 bits per heavy atom. The summed E-state index contributed by atoms with van der Waals surface area (Å²) in [5.74, 6) is -0.312. The molecule has 0 fully saturated rings. The molecule has 104 valence electrons. The number of rotatable bonds is 5. The van der Waals surface area contributed by atoms with Gasteiger partial charge in [0.2, 0.25) is 0 Å². The van der Waals surface area contributed by atoms with E-state index in [1.54, 1.807) is 18.2 Å². The van der Waals surface area contributed by atoms with Crippen LogP contribution in [0.3, 0.4) is 0 Å². The van der Waals surface area contributed by atoms with E-state index in [9.17, 15) is 9.00 Å². The van der Waals surface area contributed by atoms with Gasteiger partial charge in [0.25, 0.3) is 0 Å². The lowest BCUT2D eigenvalue weighted by Gasteiger charge is -2.03. The molecule has 2 aromatic rings. The summed E-state index contributed by atoms with van der Waals surface area (Å²) in [6.45, 7) is 0. The largest absolute Gasteiger partial charge is 0.478 e. The van der Waals surface area contributed by atoms with Gasteiger partial charge in [0, 0.05) is 27.8 Å². The van der Waals surface area contributed by atoms with E-state index < -0.39 is 16.8 Å². The molecule has 0 saturated carbocycles. The van der Waals surface area contributed by atoms with Crippen LogP contribution in [0.15, 0.2) is 42.6 Å². The highest BCUT2D eigenvalue weighted by Crippen LogP contribution is 2.12. The maximum atomic E-state index is 12.0. The van der Waals surface area contributed by atoms with E-state index in [1.165, 1.54) is 12.3 Å². The summed E-state index contributed by atoms with van der Waals surface area (Å²) >= 11 is 5.78. The van der Waals surface area contributed by atoms with Crippen LogP contribution >= 0.6 is 11.6 Å². The molecule has 0 spiro atoms. The van der Waals surface area contributed by atoms with Gasteiger partial charge in [-0.25, -0.2) is 4.79 Å². The zero-order chi connectivity index (χ0) is 14.5. The maximum Gasteiger partial charge on any atom is 0.337 e. The number of carboxylic acid groups (broad SMARTS) is 1. The average Bonchev–Trinajstić information content (AvgIpc) is 2.42. The smallest absolute Gasteiger partial charge is 0.337 e. The second kappa shape index (κ2) is 6.63. The van der Waals surface area contributed by atoms with E-state index >= 15 is 0 Å². The molecule has 1 heterocycles. The van der Waals surface area contributed by atoms with E-state index in [4.69, 9.17) is 16.7 Å². The van der Waals surface area contributed by atoms with Crippen molar-refractivity contribution in [3.63, 3.8) is 0 Å².